The van der Waals surface area contributed by atoms with Crippen LogP contribution < -0.4 is 9.64 Å². The number of nitrogens with zero attached hydrogens (tertiary/aromatic N) is 3. The van der Waals surface area contributed by atoms with E-state index < -0.39 is 17.7 Å². The maximum Gasteiger partial charge on any atom is 0.336 e. The summed E-state index contributed by atoms with van der Waals surface area (Å²) in [6, 6.07) is 21.3. The van der Waals surface area contributed by atoms with E-state index in [0.717, 1.165) is 17.0 Å². The lowest BCUT2D eigenvalue weighted by atomic mass is 9.83. The van der Waals surface area contributed by atoms with Gasteiger partial charge in [-0.25, -0.2) is 9.18 Å². The Hall–Kier alpha value is -4.66. The molecule has 9 heteroatoms. The van der Waals surface area contributed by atoms with Crippen molar-refractivity contribution >= 4 is 23.5 Å². The highest BCUT2D eigenvalue weighted by atomic mass is 19.1. The number of hydrogen-bond donors (Lipinski definition) is 0. The summed E-state index contributed by atoms with van der Waals surface area (Å²) in [5, 5.41) is 0. The summed E-state index contributed by atoms with van der Waals surface area (Å²) in [5.74, 6) is -1.21. The first kappa shape index (κ1) is 29.8. The van der Waals surface area contributed by atoms with Gasteiger partial charge in [0.1, 0.15) is 11.6 Å². The molecule has 1 atom stereocenters. The molecular formula is C34H36FN3O5. The Bertz CT molecular complexity index is 1530. The van der Waals surface area contributed by atoms with Crippen LogP contribution in [0, 0.1) is 5.82 Å². The van der Waals surface area contributed by atoms with E-state index in [2.05, 4.69) is 4.90 Å². The summed E-state index contributed by atoms with van der Waals surface area (Å²) in [6.07, 6.45) is -0.0518. The molecule has 1 saturated heterocycles. The number of para-hydroxylation sites is 2. The molecule has 8 nitrogen and oxygen atoms in total. The van der Waals surface area contributed by atoms with E-state index in [1.165, 1.54) is 11.0 Å². The number of anilines is 1. The minimum atomic E-state index is -0.729. The standard InChI is InChI=1S/C34H36FN3O5/c1-4-43-34(41)32-23(2)38(31(39)21-27(32)26-9-5-6-10-28(26)35)22-24-13-15-25(16-14-24)33(40)37-19-17-36(18-20-37)29-11-7-8-12-30(29)42-3/h5-16,27H,4,17-22H2,1-3H3. The minimum absolute atomic E-state index is 0.0475. The van der Waals surface area contributed by atoms with Crippen molar-refractivity contribution in [3.8, 4) is 5.75 Å². The third-order valence-electron chi connectivity index (χ3n) is 8.13. The third-order valence-corrected chi connectivity index (χ3v) is 8.13. The Morgan fingerprint density at radius 1 is 0.930 bits per heavy atom. The van der Waals surface area contributed by atoms with Gasteiger partial charge in [-0.3, -0.25) is 9.59 Å². The van der Waals surface area contributed by atoms with Gasteiger partial charge in [-0.1, -0.05) is 42.5 Å². The highest BCUT2D eigenvalue weighted by Gasteiger charge is 2.38. The second-order valence-electron chi connectivity index (χ2n) is 10.6. The smallest absolute Gasteiger partial charge is 0.336 e. The van der Waals surface area contributed by atoms with E-state index in [4.69, 9.17) is 9.47 Å². The summed E-state index contributed by atoms with van der Waals surface area (Å²) in [5.41, 5.74) is 3.41. The fourth-order valence-corrected chi connectivity index (χ4v) is 5.86. The minimum Gasteiger partial charge on any atom is -0.495 e. The number of rotatable bonds is 8. The van der Waals surface area contributed by atoms with E-state index in [0.29, 0.717) is 43.0 Å². The van der Waals surface area contributed by atoms with Crippen molar-refractivity contribution < 1.29 is 28.2 Å². The van der Waals surface area contributed by atoms with Crippen molar-refractivity contribution in [1.82, 2.24) is 9.80 Å². The molecule has 0 aromatic heterocycles. The molecule has 0 aliphatic carbocycles. The molecule has 5 rings (SSSR count). The lowest BCUT2D eigenvalue weighted by Crippen LogP contribution is -2.48. The van der Waals surface area contributed by atoms with Gasteiger partial charge in [0, 0.05) is 49.8 Å². The van der Waals surface area contributed by atoms with E-state index in [-0.39, 0.29) is 37.0 Å². The van der Waals surface area contributed by atoms with E-state index >= 15 is 0 Å². The van der Waals surface area contributed by atoms with Crippen molar-refractivity contribution in [3.05, 3.63) is 107 Å². The first-order valence-corrected chi connectivity index (χ1v) is 14.5. The summed E-state index contributed by atoms with van der Waals surface area (Å²) in [6.45, 7) is 6.35. The van der Waals surface area contributed by atoms with Gasteiger partial charge in [0.15, 0.2) is 0 Å². The SMILES string of the molecule is CCOC(=O)C1=C(C)N(Cc2ccc(C(=O)N3CCN(c4ccccc4OC)CC3)cc2)C(=O)CC1c1ccccc1F. The Morgan fingerprint density at radius 3 is 2.28 bits per heavy atom. The lowest BCUT2D eigenvalue weighted by Gasteiger charge is -2.36. The zero-order valence-electron chi connectivity index (χ0n) is 24.7. The summed E-state index contributed by atoms with van der Waals surface area (Å²) in [4.78, 5) is 45.2. The number of piperazine rings is 1. The molecule has 224 valence electrons. The van der Waals surface area contributed by atoms with Crippen LogP contribution in [0.4, 0.5) is 10.1 Å². The van der Waals surface area contributed by atoms with Crippen LogP contribution in [0.5, 0.6) is 5.75 Å². The number of esters is 1. The van der Waals surface area contributed by atoms with Crippen LogP contribution in [-0.4, -0.2) is 67.5 Å². The van der Waals surface area contributed by atoms with Crippen molar-refractivity contribution in [2.45, 2.75) is 32.7 Å². The van der Waals surface area contributed by atoms with Gasteiger partial charge < -0.3 is 24.2 Å². The predicted octanol–water partition coefficient (Wildman–Crippen LogP) is 5.15. The Kier molecular flexibility index (Phi) is 9.09. The summed E-state index contributed by atoms with van der Waals surface area (Å²) >= 11 is 0. The zero-order valence-corrected chi connectivity index (χ0v) is 24.7. The zero-order chi connectivity index (χ0) is 30.5. The molecule has 0 spiro atoms. The maximum absolute atomic E-state index is 14.7. The van der Waals surface area contributed by atoms with Crippen LogP contribution in [0.25, 0.3) is 0 Å². The first-order valence-electron chi connectivity index (χ1n) is 14.5. The molecule has 2 aliphatic rings. The number of allylic oxidation sites excluding steroid dienone is 1. The van der Waals surface area contributed by atoms with Crippen LogP contribution in [-0.2, 0) is 20.9 Å². The van der Waals surface area contributed by atoms with E-state index in [1.807, 2.05) is 41.3 Å². The molecule has 0 radical (unpaired) electrons. The molecule has 1 unspecified atom stereocenters. The predicted molar refractivity (Wildman–Crippen MR) is 161 cm³/mol. The Balaban J connectivity index is 1.29. The molecule has 3 aromatic carbocycles. The normalized spacial score (nSPS) is 17.3. The van der Waals surface area contributed by atoms with Crippen molar-refractivity contribution in [2.24, 2.45) is 0 Å². The molecule has 2 amide bonds. The van der Waals surface area contributed by atoms with Gasteiger partial charge >= 0.3 is 5.97 Å². The van der Waals surface area contributed by atoms with Crippen LogP contribution in [0.15, 0.2) is 84.1 Å². The van der Waals surface area contributed by atoms with Gasteiger partial charge in [0.2, 0.25) is 5.91 Å². The Labute approximate surface area is 251 Å². The van der Waals surface area contributed by atoms with Gasteiger partial charge in [-0.05, 0) is 55.3 Å². The largest absolute Gasteiger partial charge is 0.495 e. The number of halogens is 1. The van der Waals surface area contributed by atoms with Gasteiger partial charge in [-0.2, -0.15) is 0 Å². The molecule has 2 heterocycles. The molecule has 43 heavy (non-hydrogen) atoms. The van der Waals surface area contributed by atoms with Crippen LogP contribution in [0.1, 0.15) is 47.7 Å². The first-order chi connectivity index (χ1) is 20.8. The summed E-state index contributed by atoms with van der Waals surface area (Å²) < 4.78 is 25.5. The second kappa shape index (κ2) is 13.1. The highest BCUT2D eigenvalue weighted by molar-refractivity contribution is 5.96. The number of methoxy groups -OCH3 is 1. The molecule has 1 fully saturated rings. The molecule has 2 aliphatic heterocycles. The van der Waals surface area contributed by atoms with E-state index in [9.17, 15) is 18.8 Å². The quantitative estimate of drug-likeness (QED) is 0.341. The van der Waals surface area contributed by atoms with Gasteiger partial charge in [0.05, 0.1) is 31.5 Å². The number of amides is 2. The number of hydrogen-bond acceptors (Lipinski definition) is 6. The van der Waals surface area contributed by atoms with Crippen molar-refractivity contribution in [2.75, 3.05) is 44.8 Å². The molecule has 0 N–H and O–H groups in total. The maximum atomic E-state index is 14.7. The number of ether oxygens (including phenoxy) is 2. The second-order valence-corrected chi connectivity index (χ2v) is 10.6. The molecule has 0 bridgehead atoms. The van der Waals surface area contributed by atoms with Crippen molar-refractivity contribution in [3.63, 3.8) is 0 Å². The van der Waals surface area contributed by atoms with Crippen LogP contribution in [0.3, 0.4) is 0 Å². The molecular weight excluding hydrogens is 549 g/mol. The number of carbonyl (C=O) groups excluding carboxylic acids is 3. The fraction of sp³-hybridized carbons (Fsp3) is 0.324. The molecule has 3 aromatic rings. The van der Waals surface area contributed by atoms with Gasteiger partial charge in [-0.15, -0.1) is 0 Å². The summed E-state index contributed by atoms with van der Waals surface area (Å²) in [7, 11) is 1.66. The molecule has 0 saturated carbocycles. The van der Waals surface area contributed by atoms with Crippen molar-refractivity contribution in [1.29, 1.82) is 0 Å². The fourth-order valence-electron chi connectivity index (χ4n) is 5.86. The van der Waals surface area contributed by atoms with Crippen LogP contribution in [0.2, 0.25) is 0 Å². The lowest BCUT2D eigenvalue weighted by molar-refractivity contribution is -0.140. The average molecular weight is 586 g/mol. The topological polar surface area (TPSA) is 79.4 Å². The van der Waals surface area contributed by atoms with E-state index in [1.54, 1.807) is 51.3 Å². The Morgan fingerprint density at radius 2 is 1.60 bits per heavy atom. The third kappa shape index (κ3) is 6.26. The average Bonchev–Trinajstić information content (AvgIpc) is 3.03. The van der Waals surface area contributed by atoms with Crippen LogP contribution >= 0.6 is 0 Å². The monoisotopic (exact) mass is 585 g/mol. The number of benzene rings is 3. The number of carbonyl (C=O) groups is 3. The van der Waals surface area contributed by atoms with Gasteiger partial charge in [0.25, 0.3) is 5.91 Å². The highest BCUT2D eigenvalue weighted by Crippen LogP contribution is 2.38.